The van der Waals surface area contributed by atoms with Gasteiger partial charge in [-0.3, -0.25) is 14.0 Å². The molecule has 14 heteroatoms. The van der Waals surface area contributed by atoms with Crippen molar-refractivity contribution in [2.75, 3.05) is 20.2 Å². The second-order valence-corrected chi connectivity index (χ2v) is 13.6. The first-order valence-corrected chi connectivity index (χ1v) is 17.5. The molecule has 1 aliphatic rings. The summed E-state index contributed by atoms with van der Waals surface area (Å²) in [6.07, 6.45) is 0.855. The highest BCUT2D eigenvalue weighted by molar-refractivity contribution is 6.39. The molecule has 0 bridgehead atoms. The van der Waals surface area contributed by atoms with E-state index in [2.05, 4.69) is 15.6 Å². The lowest BCUT2D eigenvalue weighted by Crippen LogP contribution is -2.41. The molecule has 2 atom stereocenters. The Hall–Kier alpha value is -5.01. The number of hydrogen-bond acceptors (Lipinski definition) is 8. The third kappa shape index (κ3) is 7.75. The second kappa shape index (κ2) is 15.7. The van der Waals surface area contributed by atoms with Gasteiger partial charge < -0.3 is 30.5 Å². The summed E-state index contributed by atoms with van der Waals surface area (Å²) in [5, 5.41) is 26.2. The fourth-order valence-corrected chi connectivity index (χ4v) is 7.08. The van der Waals surface area contributed by atoms with Gasteiger partial charge in [-0.15, -0.1) is 0 Å². The summed E-state index contributed by atoms with van der Waals surface area (Å²) in [5.41, 5.74) is 6.03. The first-order valence-electron chi connectivity index (χ1n) is 16.7. The Balaban J connectivity index is 1.30. The minimum atomic E-state index is -1.11. The van der Waals surface area contributed by atoms with Gasteiger partial charge in [0.05, 0.1) is 41.1 Å². The maximum absolute atomic E-state index is 13.3. The van der Waals surface area contributed by atoms with Crippen LogP contribution in [-0.4, -0.2) is 73.8 Å². The van der Waals surface area contributed by atoms with E-state index in [9.17, 15) is 24.6 Å². The molecule has 4 N–H and O–H groups in total. The van der Waals surface area contributed by atoms with Crippen molar-refractivity contribution in [1.82, 2.24) is 29.9 Å². The zero-order valence-electron chi connectivity index (χ0n) is 28.8. The van der Waals surface area contributed by atoms with E-state index in [-0.39, 0.29) is 43.0 Å². The number of halogens is 2. The number of fused-ring (bicyclic) bond motifs is 1. The zero-order valence-corrected chi connectivity index (χ0v) is 30.3. The molecule has 0 aliphatic carbocycles. The highest BCUT2D eigenvalue weighted by Crippen LogP contribution is 2.42. The predicted octanol–water partition coefficient (Wildman–Crippen LogP) is 5.94. The molecular formula is C38H38Cl2N6O6. The number of aryl methyl sites for hydroxylation is 1. The van der Waals surface area contributed by atoms with Gasteiger partial charge in [0.2, 0.25) is 11.8 Å². The normalized spacial score (nSPS) is 14.7. The highest BCUT2D eigenvalue weighted by atomic mass is 35.5. The third-order valence-electron chi connectivity index (χ3n) is 8.98. The number of amides is 2. The Bertz CT molecular complexity index is 2230. The fraction of sp³-hybridized carbons (Fsp3) is 0.289. The van der Waals surface area contributed by atoms with Crippen LogP contribution in [0.2, 0.25) is 10.0 Å². The van der Waals surface area contributed by atoms with E-state index < -0.39 is 12.2 Å². The molecule has 0 saturated carbocycles. The molecule has 0 radical (unpaired) electrons. The number of rotatable bonds is 12. The van der Waals surface area contributed by atoms with Crippen LogP contribution in [0.4, 0.5) is 4.79 Å². The number of ether oxygens (including phenoxy) is 1. The number of methoxy groups -OCH3 is 1. The van der Waals surface area contributed by atoms with E-state index in [1.165, 1.54) is 12.0 Å². The molecular weight excluding hydrogens is 707 g/mol. The Labute approximate surface area is 310 Å². The van der Waals surface area contributed by atoms with Gasteiger partial charge in [-0.05, 0) is 50.1 Å². The number of carboxylic acid groups (broad SMARTS) is 1. The van der Waals surface area contributed by atoms with Gasteiger partial charge in [-0.2, -0.15) is 0 Å². The van der Waals surface area contributed by atoms with E-state index in [1.54, 1.807) is 29.7 Å². The summed E-state index contributed by atoms with van der Waals surface area (Å²) in [6, 6.07) is 18.2. The summed E-state index contributed by atoms with van der Waals surface area (Å²) in [5.74, 6) is 0.168. The fourth-order valence-electron chi connectivity index (χ4n) is 6.42. The minimum absolute atomic E-state index is 0.0229. The van der Waals surface area contributed by atoms with E-state index in [0.717, 1.165) is 11.1 Å². The Morgan fingerprint density at radius 3 is 2.40 bits per heavy atom. The van der Waals surface area contributed by atoms with Crippen LogP contribution in [0.5, 0.6) is 5.88 Å². The number of pyridine rings is 2. The van der Waals surface area contributed by atoms with Gasteiger partial charge in [-0.25, -0.2) is 14.8 Å². The van der Waals surface area contributed by atoms with Crippen LogP contribution in [0, 0.1) is 6.92 Å². The molecule has 0 unspecified atom stereocenters. The minimum Gasteiger partial charge on any atom is -0.481 e. The SMILES string of the molecule is COc1nc(-c2cccc(-c3cccc(-c4cc(C)n5c(=O)c(CNC[C@H](C)O)cnc5c4)c3Cl)c2Cl)ccc1CN(C[C@@H]1CCC(=O)N1)C(=O)O. The van der Waals surface area contributed by atoms with Gasteiger partial charge >= 0.3 is 6.09 Å². The molecule has 1 saturated heterocycles. The third-order valence-corrected chi connectivity index (χ3v) is 9.80. The standard InChI is InChI=1S/C38H38Cl2N6O6/c1-21-14-24(15-32-42-18-25(37(49)46(21)32)17-41-16-22(2)47)27-6-4-7-28(34(27)39)29-8-5-9-30(35(29)40)31-12-10-23(36(44-31)52-3)19-45(38(50)51)20-26-11-13-33(48)43-26/h4-10,12,14-15,18,22,26,41,47H,11,13,16-17,19-20H2,1-3H3,(H,43,48)(H,50,51)/t22-,26-/m0/s1. The molecule has 0 spiro atoms. The number of nitrogens with zero attached hydrogens (tertiary/aromatic N) is 4. The van der Waals surface area contributed by atoms with E-state index >= 15 is 0 Å². The maximum Gasteiger partial charge on any atom is 0.407 e. The summed E-state index contributed by atoms with van der Waals surface area (Å²) < 4.78 is 7.15. The number of nitrogens with one attached hydrogen (secondary N) is 2. The van der Waals surface area contributed by atoms with Crippen molar-refractivity contribution >= 4 is 40.8 Å². The average Bonchev–Trinajstić information content (AvgIpc) is 3.53. The number of carbonyl (C=O) groups excluding carboxylic acids is 1. The highest BCUT2D eigenvalue weighted by Gasteiger charge is 2.26. The summed E-state index contributed by atoms with van der Waals surface area (Å²) in [6.45, 7) is 4.33. The molecule has 1 aliphatic heterocycles. The van der Waals surface area contributed by atoms with Crippen molar-refractivity contribution in [2.45, 2.75) is 51.9 Å². The number of carbonyl (C=O) groups is 2. The average molecular weight is 746 g/mol. The smallest absolute Gasteiger partial charge is 0.407 e. The van der Waals surface area contributed by atoms with Crippen LogP contribution in [0.25, 0.3) is 39.2 Å². The van der Waals surface area contributed by atoms with Crippen molar-refractivity contribution < 1.29 is 24.5 Å². The first kappa shape index (κ1) is 36.8. The van der Waals surface area contributed by atoms with Crippen LogP contribution in [0.15, 0.2) is 71.7 Å². The number of benzene rings is 2. The van der Waals surface area contributed by atoms with Gasteiger partial charge in [0, 0.05) is 71.8 Å². The maximum atomic E-state index is 13.3. The molecule has 2 aromatic carbocycles. The Morgan fingerprint density at radius 2 is 1.75 bits per heavy atom. The second-order valence-electron chi connectivity index (χ2n) is 12.8. The van der Waals surface area contributed by atoms with Crippen LogP contribution in [-0.2, 0) is 17.9 Å². The van der Waals surface area contributed by atoms with Crippen LogP contribution in [0.3, 0.4) is 0 Å². The Kier molecular flexibility index (Phi) is 11.1. The molecule has 1 fully saturated rings. The zero-order chi connectivity index (χ0) is 37.1. The number of hydrogen-bond donors (Lipinski definition) is 4. The number of aliphatic hydroxyl groups is 1. The van der Waals surface area contributed by atoms with Crippen molar-refractivity contribution in [3.8, 4) is 39.4 Å². The van der Waals surface area contributed by atoms with Crippen molar-refractivity contribution in [3.63, 3.8) is 0 Å². The molecule has 52 heavy (non-hydrogen) atoms. The molecule has 12 nitrogen and oxygen atoms in total. The molecule has 270 valence electrons. The monoisotopic (exact) mass is 744 g/mol. The molecule has 6 rings (SSSR count). The quantitative estimate of drug-likeness (QED) is 0.121. The lowest BCUT2D eigenvalue weighted by atomic mass is 9.96. The summed E-state index contributed by atoms with van der Waals surface area (Å²) >= 11 is 14.2. The molecule has 5 aromatic rings. The lowest BCUT2D eigenvalue weighted by Gasteiger charge is -2.23. The van der Waals surface area contributed by atoms with Crippen molar-refractivity contribution in [1.29, 1.82) is 0 Å². The van der Waals surface area contributed by atoms with Gasteiger partial charge in [-0.1, -0.05) is 59.6 Å². The van der Waals surface area contributed by atoms with E-state index in [1.807, 2.05) is 55.5 Å². The molecule has 4 heterocycles. The summed E-state index contributed by atoms with van der Waals surface area (Å²) in [4.78, 5) is 47.5. The van der Waals surface area contributed by atoms with E-state index in [0.29, 0.717) is 74.3 Å². The van der Waals surface area contributed by atoms with Gasteiger partial charge in [0.1, 0.15) is 5.65 Å². The summed E-state index contributed by atoms with van der Waals surface area (Å²) in [7, 11) is 1.47. The van der Waals surface area contributed by atoms with Crippen LogP contribution >= 0.6 is 23.2 Å². The molecule has 3 aromatic heterocycles. The first-order chi connectivity index (χ1) is 24.9. The van der Waals surface area contributed by atoms with Crippen LogP contribution < -0.4 is 20.9 Å². The topological polar surface area (TPSA) is 158 Å². The van der Waals surface area contributed by atoms with E-state index in [4.69, 9.17) is 32.9 Å². The van der Waals surface area contributed by atoms with Crippen LogP contribution in [0.1, 0.15) is 36.6 Å². The Morgan fingerprint density at radius 1 is 1.06 bits per heavy atom. The van der Waals surface area contributed by atoms with Gasteiger partial charge in [0.15, 0.2) is 0 Å². The number of aliphatic hydroxyl groups excluding tert-OH is 1. The predicted molar refractivity (Wildman–Crippen MR) is 200 cm³/mol. The lowest BCUT2D eigenvalue weighted by molar-refractivity contribution is -0.119. The number of aromatic nitrogens is 3. The largest absolute Gasteiger partial charge is 0.481 e. The van der Waals surface area contributed by atoms with Crippen molar-refractivity contribution in [3.05, 3.63) is 104 Å². The molecule has 2 amide bonds. The van der Waals surface area contributed by atoms with Crippen molar-refractivity contribution in [2.24, 2.45) is 0 Å². The van der Waals surface area contributed by atoms with Gasteiger partial charge in [0.25, 0.3) is 5.56 Å².